The number of fused-ring (bicyclic) bond motifs is 1. The van der Waals surface area contributed by atoms with Gasteiger partial charge in [0.15, 0.2) is 0 Å². The number of para-hydroxylation sites is 1. The molecule has 1 aromatic rings. The summed E-state index contributed by atoms with van der Waals surface area (Å²) >= 11 is 0. The maximum Gasteiger partial charge on any atom is 0.139 e. The zero-order valence-corrected chi connectivity index (χ0v) is 9.65. The van der Waals surface area contributed by atoms with Crippen LogP contribution >= 0.6 is 0 Å². The summed E-state index contributed by atoms with van der Waals surface area (Å²) in [6.45, 7) is 2.62. The minimum atomic E-state index is 0.108. The molecule has 16 heavy (non-hydrogen) atoms. The summed E-state index contributed by atoms with van der Waals surface area (Å²) in [7, 11) is 0. The van der Waals surface area contributed by atoms with E-state index in [9.17, 15) is 4.79 Å². The summed E-state index contributed by atoms with van der Waals surface area (Å²) in [5, 5.41) is 0. The molecule has 0 radical (unpaired) electrons. The van der Waals surface area contributed by atoms with Gasteiger partial charge in [-0.3, -0.25) is 4.79 Å². The highest BCUT2D eigenvalue weighted by atomic mass is 16.1. The van der Waals surface area contributed by atoms with Crippen LogP contribution in [-0.2, 0) is 4.79 Å². The first-order chi connectivity index (χ1) is 7.77. The van der Waals surface area contributed by atoms with E-state index in [0.717, 1.165) is 6.54 Å². The van der Waals surface area contributed by atoms with Gasteiger partial charge in [-0.25, -0.2) is 0 Å². The largest absolute Gasteiger partial charge is 0.367 e. The predicted molar refractivity (Wildman–Crippen MR) is 64.8 cm³/mol. The van der Waals surface area contributed by atoms with E-state index in [1.54, 1.807) is 6.92 Å². The Kier molecular flexibility index (Phi) is 2.23. The lowest BCUT2D eigenvalue weighted by Crippen LogP contribution is -2.39. The summed E-state index contributed by atoms with van der Waals surface area (Å²) in [4.78, 5) is 14.1. The molecule has 1 atom stereocenters. The number of rotatable bonds is 2. The van der Waals surface area contributed by atoms with Crippen molar-refractivity contribution in [2.75, 3.05) is 11.4 Å². The van der Waals surface area contributed by atoms with Gasteiger partial charge < -0.3 is 4.90 Å². The summed E-state index contributed by atoms with van der Waals surface area (Å²) in [6.07, 6.45) is 3.92. The van der Waals surface area contributed by atoms with E-state index in [-0.39, 0.29) is 5.92 Å². The SMILES string of the molecule is CC(=O)C1CN(C2CCC2)c2ccccc21. The van der Waals surface area contributed by atoms with Crippen LogP contribution in [0.1, 0.15) is 37.7 Å². The molecule has 1 aliphatic heterocycles. The van der Waals surface area contributed by atoms with Gasteiger partial charge in [0.1, 0.15) is 5.78 Å². The van der Waals surface area contributed by atoms with Crippen LogP contribution < -0.4 is 4.90 Å². The number of hydrogen-bond donors (Lipinski definition) is 0. The molecule has 0 aromatic heterocycles. The van der Waals surface area contributed by atoms with Gasteiger partial charge in [-0.2, -0.15) is 0 Å². The van der Waals surface area contributed by atoms with Crippen LogP contribution in [0.4, 0.5) is 5.69 Å². The maximum atomic E-state index is 11.7. The molecule has 0 spiro atoms. The highest BCUT2D eigenvalue weighted by Gasteiger charge is 2.36. The third-order valence-electron chi connectivity index (χ3n) is 4.01. The van der Waals surface area contributed by atoms with Gasteiger partial charge in [0, 0.05) is 18.3 Å². The highest BCUT2D eigenvalue weighted by Crippen LogP contribution is 2.41. The molecule has 1 fully saturated rings. The van der Waals surface area contributed by atoms with Crippen molar-refractivity contribution in [3.63, 3.8) is 0 Å². The summed E-state index contributed by atoms with van der Waals surface area (Å²) < 4.78 is 0. The van der Waals surface area contributed by atoms with E-state index >= 15 is 0 Å². The fourth-order valence-electron chi connectivity index (χ4n) is 2.83. The second-order valence-corrected chi connectivity index (χ2v) is 4.96. The second kappa shape index (κ2) is 3.62. The Labute approximate surface area is 96.3 Å². The van der Waals surface area contributed by atoms with E-state index < -0.39 is 0 Å². The third-order valence-corrected chi connectivity index (χ3v) is 4.01. The van der Waals surface area contributed by atoms with Crippen LogP contribution in [-0.4, -0.2) is 18.4 Å². The maximum absolute atomic E-state index is 11.7. The number of anilines is 1. The molecule has 2 nitrogen and oxygen atoms in total. The first-order valence-corrected chi connectivity index (χ1v) is 6.13. The molecule has 0 N–H and O–H groups in total. The Morgan fingerprint density at radius 2 is 2.06 bits per heavy atom. The molecule has 84 valence electrons. The Balaban J connectivity index is 1.97. The van der Waals surface area contributed by atoms with Crippen molar-refractivity contribution in [1.29, 1.82) is 0 Å². The first-order valence-electron chi connectivity index (χ1n) is 6.13. The van der Waals surface area contributed by atoms with Crippen LogP contribution in [0.25, 0.3) is 0 Å². The molecular formula is C14H17NO. The van der Waals surface area contributed by atoms with Crippen molar-refractivity contribution in [1.82, 2.24) is 0 Å². The quantitative estimate of drug-likeness (QED) is 0.756. The lowest BCUT2D eigenvalue weighted by atomic mass is 9.91. The second-order valence-electron chi connectivity index (χ2n) is 4.96. The lowest BCUT2D eigenvalue weighted by molar-refractivity contribution is -0.118. The van der Waals surface area contributed by atoms with Gasteiger partial charge in [0.05, 0.1) is 5.92 Å². The van der Waals surface area contributed by atoms with Crippen LogP contribution in [0, 0.1) is 0 Å². The number of Topliss-reactive ketones (excluding diaryl/α,β-unsaturated/α-hetero) is 1. The number of benzene rings is 1. The topological polar surface area (TPSA) is 20.3 Å². The van der Waals surface area contributed by atoms with Crippen LogP contribution in [0.3, 0.4) is 0 Å². The van der Waals surface area contributed by atoms with E-state index in [1.807, 2.05) is 6.07 Å². The first kappa shape index (κ1) is 9.88. The summed E-state index contributed by atoms with van der Waals surface area (Å²) in [5.41, 5.74) is 2.54. The van der Waals surface area contributed by atoms with Crippen molar-refractivity contribution in [2.45, 2.75) is 38.1 Å². The van der Waals surface area contributed by atoms with E-state index in [4.69, 9.17) is 0 Å². The number of carbonyl (C=O) groups excluding carboxylic acids is 1. The van der Waals surface area contributed by atoms with E-state index in [2.05, 4.69) is 23.1 Å². The lowest BCUT2D eigenvalue weighted by Gasteiger charge is -2.36. The standard InChI is InChI=1S/C14H17NO/c1-10(16)13-9-15(11-5-4-6-11)14-8-3-2-7-12(13)14/h2-3,7-8,11,13H,4-6,9H2,1H3. The fraction of sp³-hybridized carbons (Fsp3) is 0.500. The summed E-state index contributed by atoms with van der Waals surface area (Å²) in [5.74, 6) is 0.408. The van der Waals surface area contributed by atoms with Gasteiger partial charge in [0.25, 0.3) is 0 Å². The molecule has 1 aromatic carbocycles. The highest BCUT2D eigenvalue weighted by molar-refractivity contribution is 5.88. The zero-order chi connectivity index (χ0) is 11.1. The molecule has 0 amide bonds. The Morgan fingerprint density at radius 3 is 2.69 bits per heavy atom. The number of hydrogen-bond acceptors (Lipinski definition) is 2. The fourth-order valence-corrected chi connectivity index (χ4v) is 2.83. The summed E-state index contributed by atoms with van der Waals surface area (Å²) in [6, 6.07) is 9.08. The molecule has 1 saturated carbocycles. The number of ketones is 1. The van der Waals surface area contributed by atoms with Gasteiger partial charge in [-0.05, 0) is 37.8 Å². The Bertz CT molecular complexity index is 422. The smallest absolute Gasteiger partial charge is 0.139 e. The van der Waals surface area contributed by atoms with Crippen molar-refractivity contribution >= 4 is 11.5 Å². The normalized spacial score (nSPS) is 24.1. The molecule has 1 unspecified atom stereocenters. The van der Waals surface area contributed by atoms with Crippen LogP contribution in [0.2, 0.25) is 0 Å². The van der Waals surface area contributed by atoms with Crippen LogP contribution in [0.15, 0.2) is 24.3 Å². The van der Waals surface area contributed by atoms with Crippen molar-refractivity contribution in [2.24, 2.45) is 0 Å². The average molecular weight is 215 g/mol. The molecule has 2 heteroatoms. The molecule has 1 heterocycles. The number of carbonyl (C=O) groups is 1. The molecule has 1 aliphatic carbocycles. The van der Waals surface area contributed by atoms with Crippen LogP contribution in [0.5, 0.6) is 0 Å². The Morgan fingerprint density at radius 1 is 1.31 bits per heavy atom. The van der Waals surface area contributed by atoms with Crippen molar-refractivity contribution in [3.05, 3.63) is 29.8 Å². The van der Waals surface area contributed by atoms with E-state index in [1.165, 1.54) is 30.5 Å². The third kappa shape index (κ3) is 1.36. The van der Waals surface area contributed by atoms with Gasteiger partial charge in [-0.1, -0.05) is 18.2 Å². The van der Waals surface area contributed by atoms with Crippen molar-refractivity contribution < 1.29 is 4.79 Å². The average Bonchev–Trinajstić information content (AvgIpc) is 2.56. The molecular weight excluding hydrogens is 198 g/mol. The number of nitrogens with zero attached hydrogens (tertiary/aromatic N) is 1. The predicted octanol–water partition coefficient (Wildman–Crippen LogP) is 2.73. The molecule has 2 aliphatic rings. The molecule has 3 rings (SSSR count). The van der Waals surface area contributed by atoms with Gasteiger partial charge >= 0.3 is 0 Å². The Hall–Kier alpha value is -1.31. The van der Waals surface area contributed by atoms with Gasteiger partial charge in [-0.15, -0.1) is 0 Å². The molecule has 0 saturated heterocycles. The minimum Gasteiger partial charge on any atom is -0.367 e. The molecule has 0 bridgehead atoms. The van der Waals surface area contributed by atoms with Gasteiger partial charge in [0.2, 0.25) is 0 Å². The van der Waals surface area contributed by atoms with Crippen molar-refractivity contribution in [3.8, 4) is 0 Å². The van der Waals surface area contributed by atoms with E-state index in [0.29, 0.717) is 11.8 Å². The monoisotopic (exact) mass is 215 g/mol. The zero-order valence-electron chi connectivity index (χ0n) is 9.65. The minimum absolute atomic E-state index is 0.108.